The predicted octanol–water partition coefficient (Wildman–Crippen LogP) is 12.9. The normalized spacial score (nSPS) is 11.8. The summed E-state index contributed by atoms with van der Waals surface area (Å²) >= 11 is 0. The Morgan fingerprint density at radius 2 is 0.979 bits per heavy atom. The third-order valence-corrected chi connectivity index (χ3v) is 9.41. The van der Waals surface area contributed by atoms with Gasteiger partial charge in [-0.25, -0.2) is 0 Å². The van der Waals surface area contributed by atoms with Crippen LogP contribution in [0.25, 0.3) is 76.5 Å². The minimum absolute atomic E-state index is 0.849. The highest BCUT2D eigenvalue weighted by Crippen LogP contribution is 2.48. The molecule has 0 spiro atoms. The summed E-state index contributed by atoms with van der Waals surface area (Å²) in [5.41, 5.74) is 8.83. The van der Waals surface area contributed by atoms with Crippen LogP contribution in [0, 0.1) is 0 Å². The van der Waals surface area contributed by atoms with Crippen LogP contribution >= 0.6 is 0 Å². The third kappa shape index (κ3) is 3.93. The minimum Gasteiger partial charge on any atom is -0.455 e. The van der Waals surface area contributed by atoms with Crippen molar-refractivity contribution < 1.29 is 8.83 Å². The van der Waals surface area contributed by atoms with Crippen molar-refractivity contribution >= 4 is 82.5 Å². The molecule has 2 heterocycles. The minimum atomic E-state index is 0.849. The average Bonchev–Trinajstić information content (AvgIpc) is 3.70. The van der Waals surface area contributed by atoms with Gasteiger partial charge in [-0.1, -0.05) is 127 Å². The van der Waals surface area contributed by atoms with Crippen molar-refractivity contribution in [1.82, 2.24) is 0 Å². The van der Waals surface area contributed by atoms with E-state index in [4.69, 9.17) is 8.83 Å². The molecule has 0 fully saturated rings. The van der Waals surface area contributed by atoms with Crippen molar-refractivity contribution in [3.63, 3.8) is 0 Å². The first-order chi connectivity index (χ1) is 23.3. The van der Waals surface area contributed by atoms with Crippen LogP contribution < -0.4 is 4.90 Å². The lowest BCUT2D eigenvalue weighted by Crippen LogP contribution is -2.10. The molecule has 0 saturated heterocycles. The van der Waals surface area contributed by atoms with E-state index in [1.807, 2.05) is 6.07 Å². The molecule has 0 bridgehead atoms. The van der Waals surface area contributed by atoms with Gasteiger partial charge in [0.25, 0.3) is 0 Å². The second-order valence-corrected chi connectivity index (χ2v) is 12.1. The molecule has 0 N–H and O–H groups in total. The van der Waals surface area contributed by atoms with Crippen LogP contribution in [0.3, 0.4) is 0 Å². The summed E-state index contributed by atoms with van der Waals surface area (Å²) in [6, 6.07) is 57.7. The molecule has 0 aliphatic carbocycles. The first-order valence-corrected chi connectivity index (χ1v) is 15.9. The molecule has 0 atom stereocenters. The molecule has 10 rings (SSSR count). The van der Waals surface area contributed by atoms with E-state index in [0.29, 0.717) is 0 Å². The Kier molecular flexibility index (Phi) is 5.57. The lowest BCUT2D eigenvalue weighted by Gasteiger charge is -2.27. The fourth-order valence-electron chi connectivity index (χ4n) is 7.26. The van der Waals surface area contributed by atoms with Gasteiger partial charge in [0, 0.05) is 43.6 Å². The molecule has 2 aromatic heterocycles. The summed E-state index contributed by atoms with van der Waals surface area (Å²) in [5.74, 6) is 0. The topological polar surface area (TPSA) is 29.5 Å². The molecule has 10 aromatic rings. The fourth-order valence-corrected chi connectivity index (χ4v) is 7.26. The predicted molar refractivity (Wildman–Crippen MR) is 196 cm³/mol. The maximum atomic E-state index is 6.94. The average molecular weight is 602 g/mol. The van der Waals surface area contributed by atoms with Gasteiger partial charge in [-0.3, -0.25) is 0 Å². The summed E-state index contributed by atoms with van der Waals surface area (Å²) < 4.78 is 13.6. The van der Waals surface area contributed by atoms with E-state index >= 15 is 0 Å². The molecular weight excluding hydrogens is 574 g/mol. The number of benzene rings is 8. The third-order valence-electron chi connectivity index (χ3n) is 9.41. The van der Waals surface area contributed by atoms with Gasteiger partial charge in [0.05, 0.1) is 11.4 Å². The van der Waals surface area contributed by atoms with Crippen molar-refractivity contribution in [1.29, 1.82) is 0 Å². The highest BCUT2D eigenvalue weighted by atomic mass is 16.3. The molecule has 0 aliphatic heterocycles. The lowest BCUT2D eigenvalue weighted by atomic mass is 10.0. The number of rotatable bonds is 4. The number of fused-ring (bicyclic) bond motifs is 9. The highest BCUT2D eigenvalue weighted by molar-refractivity contribution is 6.22. The van der Waals surface area contributed by atoms with Crippen molar-refractivity contribution in [2.24, 2.45) is 0 Å². The number of hydrogen-bond acceptors (Lipinski definition) is 3. The van der Waals surface area contributed by atoms with E-state index in [0.717, 1.165) is 82.8 Å². The SMILES string of the molecule is c1ccc(-c2cccc3c2oc2c(N(c4ccccc4)c4cc5c6cc7ccccc7cc6oc5c5ccccc45)cccc23)cc1. The molecule has 3 heteroatoms. The summed E-state index contributed by atoms with van der Waals surface area (Å²) in [4.78, 5) is 2.34. The van der Waals surface area contributed by atoms with E-state index in [2.05, 4.69) is 163 Å². The van der Waals surface area contributed by atoms with Crippen molar-refractivity contribution in [3.05, 3.63) is 164 Å². The van der Waals surface area contributed by atoms with Gasteiger partial charge in [0.2, 0.25) is 0 Å². The van der Waals surface area contributed by atoms with E-state index in [9.17, 15) is 0 Å². The molecule has 220 valence electrons. The van der Waals surface area contributed by atoms with Crippen LogP contribution in [0.15, 0.2) is 173 Å². The monoisotopic (exact) mass is 601 g/mol. The largest absolute Gasteiger partial charge is 0.455 e. The summed E-state index contributed by atoms with van der Waals surface area (Å²) in [7, 11) is 0. The van der Waals surface area contributed by atoms with E-state index in [1.54, 1.807) is 0 Å². The van der Waals surface area contributed by atoms with Gasteiger partial charge in [0.15, 0.2) is 5.58 Å². The molecule has 0 aliphatic rings. The molecule has 3 nitrogen and oxygen atoms in total. The Labute approximate surface area is 270 Å². The first-order valence-electron chi connectivity index (χ1n) is 15.9. The quantitative estimate of drug-likeness (QED) is 0.201. The van der Waals surface area contributed by atoms with Gasteiger partial charge >= 0.3 is 0 Å². The smallest absolute Gasteiger partial charge is 0.159 e. The van der Waals surface area contributed by atoms with Gasteiger partial charge in [0.1, 0.15) is 16.7 Å². The van der Waals surface area contributed by atoms with Crippen molar-refractivity contribution in [3.8, 4) is 11.1 Å². The van der Waals surface area contributed by atoms with E-state index in [-0.39, 0.29) is 0 Å². The molecule has 0 unspecified atom stereocenters. The van der Waals surface area contributed by atoms with Crippen molar-refractivity contribution in [2.45, 2.75) is 0 Å². The highest BCUT2D eigenvalue weighted by Gasteiger charge is 2.24. The number of para-hydroxylation sites is 3. The molecule has 8 aromatic carbocycles. The summed E-state index contributed by atoms with van der Waals surface area (Å²) in [5, 5.41) is 8.91. The second kappa shape index (κ2) is 10.1. The summed E-state index contributed by atoms with van der Waals surface area (Å²) in [6.07, 6.45) is 0. The Bertz CT molecular complexity index is 2790. The molecular formula is C44H27NO2. The fraction of sp³-hybridized carbons (Fsp3) is 0. The van der Waals surface area contributed by atoms with E-state index in [1.165, 1.54) is 10.8 Å². The maximum Gasteiger partial charge on any atom is 0.159 e. The summed E-state index contributed by atoms with van der Waals surface area (Å²) in [6.45, 7) is 0. The Balaban J connectivity index is 1.30. The van der Waals surface area contributed by atoms with Gasteiger partial charge in [-0.15, -0.1) is 0 Å². The molecule has 0 amide bonds. The van der Waals surface area contributed by atoms with Crippen molar-refractivity contribution in [2.75, 3.05) is 4.90 Å². The van der Waals surface area contributed by atoms with Gasteiger partial charge in [-0.05, 0) is 52.7 Å². The molecule has 0 radical (unpaired) electrons. The number of nitrogens with zero attached hydrogens (tertiary/aromatic N) is 1. The maximum absolute atomic E-state index is 6.94. The van der Waals surface area contributed by atoms with Gasteiger partial charge < -0.3 is 13.7 Å². The number of furan rings is 2. The standard InChI is InChI=1S/C44H27NO2/c1-3-13-28(14-4-1)32-21-11-22-35-36-23-12-24-39(44(36)47-42(32)35)45(31-17-5-2-6-18-31)40-27-38-37-25-29-15-7-8-16-30(29)26-41(37)46-43(38)34-20-10-9-19-33(34)40/h1-27H. The zero-order valence-corrected chi connectivity index (χ0v) is 25.4. The second-order valence-electron chi connectivity index (χ2n) is 12.1. The van der Waals surface area contributed by atoms with Crippen LogP contribution in [0.5, 0.6) is 0 Å². The van der Waals surface area contributed by atoms with Gasteiger partial charge in [-0.2, -0.15) is 0 Å². The zero-order valence-electron chi connectivity index (χ0n) is 25.4. The Morgan fingerprint density at radius 3 is 1.79 bits per heavy atom. The first kappa shape index (κ1) is 26.0. The Morgan fingerprint density at radius 1 is 0.362 bits per heavy atom. The van der Waals surface area contributed by atoms with E-state index < -0.39 is 0 Å². The van der Waals surface area contributed by atoms with Crippen LogP contribution in [-0.4, -0.2) is 0 Å². The van der Waals surface area contributed by atoms with Crippen LogP contribution in [0.1, 0.15) is 0 Å². The molecule has 0 saturated carbocycles. The Hall–Kier alpha value is -6.32. The number of hydrogen-bond donors (Lipinski definition) is 0. The number of anilines is 3. The lowest BCUT2D eigenvalue weighted by molar-refractivity contribution is 0.670. The van der Waals surface area contributed by atoms with Crippen LogP contribution in [0.4, 0.5) is 17.1 Å². The van der Waals surface area contributed by atoms with Crippen LogP contribution in [-0.2, 0) is 0 Å². The molecule has 47 heavy (non-hydrogen) atoms. The zero-order chi connectivity index (χ0) is 30.9. The van der Waals surface area contributed by atoms with Crippen LogP contribution in [0.2, 0.25) is 0 Å².